The second-order valence-corrected chi connectivity index (χ2v) is 6.12. The van der Waals surface area contributed by atoms with Crippen molar-refractivity contribution in [2.45, 2.75) is 13.0 Å². The Labute approximate surface area is 144 Å². The summed E-state index contributed by atoms with van der Waals surface area (Å²) in [6.07, 6.45) is 0.568. The number of hydrogen-bond acceptors (Lipinski definition) is 3. The number of piperazine rings is 1. The van der Waals surface area contributed by atoms with Crippen LogP contribution in [0.3, 0.4) is 0 Å². The van der Waals surface area contributed by atoms with Crippen LogP contribution in [-0.2, 0) is 11.3 Å². The molecule has 24 heavy (non-hydrogen) atoms. The van der Waals surface area contributed by atoms with Crippen molar-refractivity contribution in [3.63, 3.8) is 0 Å². The number of benzene rings is 2. The fourth-order valence-electron chi connectivity index (χ4n) is 3.03. The first-order chi connectivity index (χ1) is 11.8. The molecule has 1 amide bonds. The van der Waals surface area contributed by atoms with E-state index in [0.29, 0.717) is 6.42 Å². The van der Waals surface area contributed by atoms with E-state index < -0.39 is 0 Å². The Morgan fingerprint density at radius 1 is 0.875 bits per heavy atom. The summed E-state index contributed by atoms with van der Waals surface area (Å²) in [7, 11) is 0. The number of nitrogens with one attached hydrogen (secondary N) is 1. The van der Waals surface area contributed by atoms with Gasteiger partial charge in [0.05, 0.1) is 0 Å². The molecular formula is C20H25N3O. The quantitative estimate of drug-likeness (QED) is 0.830. The molecule has 4 nitrogen and oxygen atoms in total. The van der Waals surface area contributed by atoms with Crippen LogP contribution in [-0.4, -0.2) is 43.5 Å². The summed E-state index contributed by atoms with van der Waals surface area (Å²) in [5.74, 6) is 0.253. The average molecular weight is 323 g/mol. The minimum absolute atomic E-state index is 0.253. The number of carbonyl (C=O) groups is 1. The zero-order chi connectivity index (χ0) is 16.6. The number of para-hydroxylation sites is 1. The van der Waals surface area contributed by atoms with Crippen LogP contribution < -0.4 is 10.2 Å². The molecule has 0 bridgehead atoms. The van der Waals surface area contributed by atoms with Crippen LogP contribution in [0.2, 0.25) is 0 Å². The lowest BCUT2D eigenvalue weighted by molar-refractivity contribution is -0.131. The van der Waals surface area contributed by atoms with Crippen LogP contribution in [0.5, 0.6) is 0 Å². The van der Waals surface area contributed by atoms with E-state index in [-0.39, 0.29) is 5.91 Å². The molecule has 0 radical (unpaired) electrons. The van der Waals surface area contributed by atoms with Crippen molar-refractivity contribution < 1.29 is 4.79 Å². The molecule has 2 aromatic carbocycles. The summed E-state index contributed by atoms with van der Waals surface area (Å²) in [5.41, 5.74) is 2.50. The van der Waals surface area contributed by atoms with Crippen LogP contribution >= 0.6 is 0 Å². The highest BCUT2D eigenvalue weighted by Gasteiger charge is 2.20. The van der Waals surface area contributed by atoms with Crippen LogP contribution in [0.4, 0.5) is 5.69 Å². The van der Waals surface area contributed by atoms with Gasteiger partial charge in [0.1, 0.15) is 0 Å². The SMILES string of the molecule is O=C(CCNCc1ccccc1)N1CCN(c2ccccc2)CC1. The number of nitrogens with zero attached hydrogens (tertiary/aromatic N) is 2. The maximum absolute atomic E-state index is 12.3. The molecule has 1 aliphatic heterocycles. The van der Waals surface area contributed by atoms with Gasteiger partial charge >= 0.3 is 0 Å². The summed E-state index contributed by atoms with van der Waals surface area (Å²) in [6, 6.07) is 20.7. The van der Waals surface area contributed by atoms with Gasteiger partial charge in [0.15, 0.2) is 0 Å². The van der Waals surface area contributed by atoms with Crippen LogP contribution in [0.1, 0.15) is 12.0 Å². The molecule has 1 heterocycles. The van der Waals surface area contributed by atoms with Gasteiger partial charge in [-0.2, -0.15) is 0 Å². The van der Waals surface area contributed by atoms with Crippen molar-refractivity contribution in [2.24, 2.45) is 0 Å². The monoisotopic (exact) mass is 323 g/mol. The molecule has 1 saturated heterocycles. The largest absolute Gasteiger partial charge is 0.368 e. The molecule has 126 valence electrons. The third kappa shape index (κ3) is 4.59. The first-order valence-corrected chi connectivity index (χ1v) is 8.65. The maximum Gasteiger partial charge on any atom is 0.223 e. The van der Waals surface area contributed by atoms with Crippen molar-refractivity contribution in [1.82, 2.24) is 10.2 Å². The molecule has 0 unspecified atom stereocenters. The lowest BCUT2D eigenvalue weighted by Crippen LogP contribution is -2.49. The van der Waals surface area contributed by atoms with E-state index in [0.717, 1.165) is 39.3 Å². The Morgan fingerprint density at radius 2 is 1.50 bits per heavy atom. The van der Waals surface area contributed by atoms with Gasteiger partial charge in [-0.1, -0.05) is 48.5 Å². The second kappa shape index (κ2) is 8.50. The second-order valence-electron chi connectivity index (χ2n) is 6.12. The highest BCUT2D eigenvalue weighted by atomic mass is 16.2. The molecule has 0 atom stereocenters. The van der Waals surface area contributed by atoms with Gasteiger partial charge in [0.2, 0.25) is 5.91 Å². The Bertz CT molecular complexity index is 622. The van der Waals surface area contributed by atoms with E-state index in [2.05, 4.69) is 46.6 Å². The van der Waals surface area contributed by atoms with Crippen molar-refractivity contribution >= 4 is 11.6 Å². The van der Waals surface area contributed by atoms with Gasteiger partial charge in [0, 0.05) is 51.4 Å². The topological polar surface area (TPSA) is 35.6 Å². The van der Waals surface area contributed by atoms with Crippen LogP contribution in [0, 0.1) is 0 Å². The number of anilines is 1. The molecule has 1 aliphatic rings. The van der Waals surface area contributed by atoms with Crippen LogP contribution in [0.15, 0.2) is 60.7 Å². The van der Waals surface area contributed by atoms with Gasteiger partial charge in [-0.3, -0.25) is 4.79 Å². The third-order valence-corrected chi connectivity index (χ3v) is 4.44. The smallest absolute Gasteiger partial charge is 0.223 e. The number of carbonyl (C=O) groups excluding carboxylic acids is 1. The van der Waals surface area contributed by atoms with E-state index in [4.69, 9.17) is 0 Å². The molecule has 0 aliphatic carbocycles. The van der Waals surface area contributed by atoms with Gasteiger partial charge in [0.25, 0.3) is 0 Å². The molecule has 0 spiro atoms. The van der Waals surface area contributed by atoms with Crippen molar-refractivity contribution in [3.8, 4) is 0 Å². The van der Waals surface area contributed by atoms with Gasteiger partial charge in [-0.15, -0.1) is 0 Å². The van der Waals surface area contributed by atoms with Crippen molar-refractivity contribution in [3.05, 3.63) is 66.2 Å². The number of rotatable bonds is 6. The summed E-state index contributed by atoms with van der Waals surface area (Å²) in [6.45, 7) is 4.99. The number of amides is 1. The first-order valence-electron chi connectivity index (χ1n) is 8.65. The van der Waals surface area contributed by atoms with Crippen molar-refractivity contribution in [1.29, 1.82) is 0 Å². The molecule has 1 N–H and O–H groups in total. The maximum atomic E-state index is 12.3. The fourth-order valence-corrected chi connectivity index (χ4v) is 3.03. The predicted molar refractivity (Wildman–Crippen MR) is 98.0 cm³/mol. The van der Waals surface area contributed by atoms with Crippen molar-refractivity contribution in [2.75, 3.05) is 37.6 Å². The Hall–Kier alpha value is -2.33. The molecule has 3 rings (SSSR count). The minimum Gasteiger partial charge on any atom is -0.368 e. The Kier molecular flexibility index (Phi) is 5.85. The molecular weight excluding hydrogens is 298 g/mol. The van der Waals surface area contributed by atoms with Crippen LogP contribution in [0.25, 0.3) is 0 Å². The molecule has 0 saturated carbocycles. The Balaban J connectivity index is 1.36. The van der Waals surface area contributed by atoms with E-state index in [1.165, 1.54) is 11.3 Å². The molecule has 1 fully saturated rings. The first kappa shape index (κ1) is 16.5. The highest BCUT2D eigenvalue weighted by molar-refractivity contribution is 5.76. The summed E-state index contributed by atoms with van der Waals surface area (Å²) >= 11 is 0. The Morgan fingerprint density at radius 3 is 2.17 bits per heavy atom. The van der Waals surface area contributed by atoms with E-state index in [1.807, 2.05) is 29.2 Å². The highest BCUT2D eigenvalue weighted by Crippen LogP contribution is 2.15. The fraction of sp³-hybridized carbons (Fsp3) is 0.350. The predicted octanol–water partition coefficient (Wildman–Crippen LogP) is 2.52. The normalized spacial score (nSPS) is 14.7. The zero-order valence-electron chi connectivity index (χ0n) is 14.0. The molecule has 2 aromatic rings. The lowest BCUT2D eigenvalue weighted by atomic mass is 10.2. The summed E-state index contributed by atoms with van der Waals surface area (Å²) in [4.78, 5) is 16.7. The van der Waals surface area contributed by atoms with Gasteiger partial charge in [-0.25, -0.2) is 0 Å². The number of hydrogen-bond donors (Lipinski definition) is 1. The molecule has 4 heteroatoms. The summed E-state index contributed by atoms with van der Waals surface area (Å²) in [5, 5.41) is 3.35. The minimum atomic E-state index is 0.253. The zero-order valence-corrected chi connectivity index (χ0v) is 14.0. The molecule has 0 aromatic heterocycles. The lowest BCUT2D eigenvalue weighted by Gasteiger charge is -2.36. The average Bonchev–Trinajstić information content (AvgIpc) is 2.67. The van der Waals surface area contributed by atoms with E-state index in [9.17, 15) is 4.79 Å². The standard InChI is InChI=1S/C20H25N3O/c24-20(11-12-21-17-18-7-3-1-4-8-18)23-15-13-22(14-16-23)19-9-5-2-6-10-19/h1-10,21H,11-17H2. The van der Waals surface area contributed by atoms with Gasteiger partial charge < -0.3 is 15.1 Å². The third-order valence-electron chi connectivity index (χ3n) is 4.44. The van der Waals surface area contributed by atoms with Gasteiger partial charge in [-0.05, 0) is 17.7 Å². The van der Waals surface area contributed by atoms with E-state index >= 15 is 0 Å². The summed E-state index contributed by atoms with van der Waals surface area (Å²) < 4.78 is 0. The van der Waals surface area contributed by atoms with E-state index in [1.54, 1.807) is 0 Å².